The number of aromatic nitrogens is 3. The lowest BCUT2D eigenvalue weighted by atomic mass is 10.2. The van der Waals surface area contributed by atoms with Crippen LogP contribution >= 0.6 is 11.6 Å². The third kappa shape index (κ3) is 2.73. The van der Waals surface area contributed by atoms with Gasteiger partial charge in [-0.3, -0.25) is 0 Å². The number of rotatable bonds is 3. The molecule has 0 saturated carbocycles. The van der Waals surface area contributed by atoms with E-state index in [9.17, 15) is 0 Å². The molecule has 0 spiro atoms. The van der Waals surface area contributed by atoms with E-state index in [-0.39, 0.29) is 0 Å². The SMILES string of the molecule is Cc1nnc(C)n1/N=C/c1ccc(-c2ccccc2Cl)o1. The van der Waals surface area contributed by atoms with Gasteiger partial charge in [0.15, 0.2) is 11.6 Å². The molecule has 0 atom stereocenters. The lowest BCUT2D eigenvalue weighted by Crippen LogP contribution is -1.95. The molecular formula is C15H13ClN4O. The summed E-state index contributed by atoms with van der Waals surface area (Å²) in [6, 6.07) is 11.3. The van der Waals surface area contributed by atoms with E-state index in [1.54, 1.807) is 10.9 Å². The summed E-state index contributed by atoms with van der Waals surface area (Å²) in [7, 11) is 0. The van der Waals surface area contributed by atoms with Gasteiger partial charge in [-0.15, -0.1) is 10.2 Å². The molecule has 0 fully saturated rings. The number of aryl methyl sites for hydroxylation is 2. The molecule has 0 radical (unpaired) electrons. The van der Waals surface area contributed by atoms with Gasteiger partial charge in [-0.1, -0.05) is 23.7 Å². The van der Waals surface area contributed by atoms with Crippen molar-refractivity contribution in [2.45, 2.75) is 13.8 Å². The van der Waals surface area contributed by atoms with Crippen molar-refractivity contribution < 1.29 is 4.42 Å². The van der Waals surface area contributed by atoms with E-state index < -0.39 is 0 Å². The zero-order valence-electron chi connectivity index (χ0n) is 11.6. The van der Waals surface area contributed by atoms with E-state index >= 15 is 0 Å². The lowest BCUT2D eigenvalue weighted by Gasteiger charge is -1.99. The van der Waals surface area contributed by atoms with Crippen molar-refractivity contribution in [2.24, 2.45) is 5.10 Å². The summed E-state index contributed by atoms with van der Waals surface area (Å²) in [5.41, 5.74) is 0.857. The Balaban J connectivity index is 1.88. The maximum atomic E-state index is 6.15. The molecule has 0 aliphatic rings. The zero-order chi connectivity index (χ0) is 14.8. The van der Waals surface area contributed by atoms with Gasteiger partial charge in [0.2, 0.25) is 0 Å². The van der Waals surface area contributed by atoms with Crippen molar-refractivity contribution in [1.29, 1.82) is 0 Å². The molecule has 21 heavy (non-hydrogen) atoms. The summed E-state index contributed by atoms with van der Waals surface area (Å²) in [6.07, 6.45) is 1.63. The Kier molecular flexibility index (Phi) is 3.58. The van der Waals surface area contributed by atoms with E-state index in [1.165, 1.54) is 0 Å². The van der Waals surface area contributed by atoms with Gasteiger partial charge in [0.1, 0.15) is 11.5 Å². The Morgan fingerprint density at radius 2 is 1.81 bits per heavy atom. The highest BCUT2D eigenvalue weighted by atomic mass is 35.5. The molecule has 0 unspecified atom stereocenters. The molecule has 1 aromatic carbocycles. The highest BCUT2D eigenvalue weighted by molar-refractivity contribution is 6.33. The molecule has 0 amide bonds. The van der Waals surface area contributed by atoms with Gasteiger partial charge in [0, 0.05) is 5.56 Å². The Morgan fingerprint density at radius 1 is 1.10 bits per heavy atom. The van der Waals surface area contributed by atoms with Gasteiger partial charge in [0.25, 0.3) is 0 Å². The fourth-order valence-corrected chi connectivity index (χ4v) is 2.20. The predicted octanol–water partition coefficient (Wildman–Crippen LogP) is 3.69. The second-order valence-electron chi connectivity index (χ2n) is 4.53. The van der Waals surface area contributed by atoms with Crippen LogP contribution in [0.15, 0.2) is 45.9 Å². The van der Waals surface area contributed by atoms with Crippen molar-refractivity contribution in [3.8, 4) is 11.3 Å². The van der Waals surface area contributed by atoms with Gasteiger partial charge in [-0.2, -0.15) is 5.10 Å². The van der Waals surface area contributed by atoms with Crippen LogP contribution < -0.4 is 0 Å². The third-order valence-corrected chi connectivity index (χ3v) is 3.35. The molecule has 0 bridgehead atoms. The first-order chi connectivity index (χ1) is 10.1. The van der Waals surface area contributed by atoms with Crippen LogP contribution in [0, 0.1) is 13.8 Å². The van der Waals surface area contributed by atoms with E-state index in [4.69, 9.17) is 16.0 Å². The Labute approximate surface area is 126 Å². The Bertz CT molecular complexity index is 784. The maximum Gasteiger partial charge on any atom is 0.151 e. The number of hydrogen-bond acceptors (Lipinski definition) is 4. The largest absolute Gasteiger partial charge is 0.455 e. The summed E-state index contributed by atoms with van der Waals surface area (Å²) in [4.78, 5) is 0. The molecule has 0 aliphatic carbocycles. The number of furan rings is 1. The van der Waals surface area contributed by atoms with Crippen molar-refractivity contribution in [3.05, 3.63) is 58.8 Å². The van der Waals surface area contributed by atoms with E-state index in [2.05, 4.69) is 15.3 Å². The van der Waals surface area contributed by atoms with Crippen LogP contribution in [0.4, 0.5) is 0 Å². The Morgan fingerprint density at radius 3 is 2.52 bits per heavy atom. The molecule has 0 aliphatic heterocycles. The standard InChI is InChI=1S/C15H13ClN4O/c1-10-18-19-11(2)20(10)17-9-12-7-8-15(21-12)13-5-3-4-6-14(13)16/h3-9H,1-2H3/b17-9+. The van der Waals surface area contributed by atoms with Crippen LogP contribution in [0.1, 0.15) is 17.4 Å². The molecule has 2 aromatic heterocycles. The van der Waals surface area contributed by atoms with Crippen LogP contribution in [0.5, 0.6) is 0 Å². The second kappa shape index (κ2) is 5.54. The van der Waals surface area contributed by atoms with Gasteiger partial charge in [-0.05, 0) is 38.1 Å². The molecule has 3 aromatic rings. The summed E-state index contributed by atoms with van der Waals surface area (Å²) in [5.74, 6) is 2.79. The highest BCUT2D eigenvalue weighted by Crippen LogP contribution is 2.28. The highest BCUT2D eigenvalue weighted by Gasteiger charge is 2.07. The minimum atomic E-state index is 0.636. The molecule has 106 valence electrons. The second-order valence-corrected chi connectivity index (χ2v) is 4.94. The first kappa shape index (κ1) is 13.6. The predicted molar refractivity (Wildman–Crippen MR) is 81.6 cm³/mol. The number of benzene rings is 1. The normalized spacial score (nSPS) is 11.4. The average molecular weight is 301 g/mol. The van der Waals surface area contributed by atoms with Gasteiger partial charge >= 0.3 is 0 Å². The van der Waals surface area contributed by atoms with Gasteiger partial charge < -0.3 is 4.42 Å². The van der Waals surface area contributed by atoms with Gasteiger partial charge in [-0.25, -0.2) is 4.68 Å². The zero-order valence-corrected chi connectivity index (χ0v) is 12.4. The van der Waals surface area contributed by atoms with Crippen LogP contribution in [-0.2, 0) is 0 Å². The molecule has 0 saturated heterocycles. The molecule has 6 heteroatoms. The van der Waals surface area contributed by atoms with E-state index in [0.717, 1.165) is 17.2 Å². The lowest BCUT2D eigenvalue weighted by molar-refractivity contribution is 0.574. The molecule has 2 heterocycles. The summed E-state index contributed by atoms with van der Waals surface area (Å²) < 4.78 is 7.39. The first-order valence-electron chi connectivity index (χ1n) is 6.43. The van der Waals surface area contributed by atoms with Crippen molar-refractivity contribution in [1.82, 2.24) is 14.9 Å². The van der Waals surface area contributed by atoms with E-state index in [1.807, 2.05) is 50.2 Å². The first-order valence-corrected chi connectivity index (χ1v) is 6.80. The smallest absolute Gasteiger partial charge is 0.151 e. The third-order valence-electron chi connectivity index (χ3n) is 3.02. The monoisotopic (exact) mass is 300 g/mol. The number of nitrogens with zero attached hydrogens (tertiary/aromatic N) is 4. The van der Waals surface area contributed by atoms with Gasteiger partial charge in [0.05, 0.1) is 11.2 Å². The molecular weight excluding hydrogens is 288 g/mol. The molecule has 5 nitrogen and oxygen atoms in total. The molecule has 0 N–H and O–H groups in total. The van der Waals surface area contributed by atoms with E-state index in [0.29, 0.717) is 16.5 Å². The van der Waals surface area contributed by atoms with Crippen molar-refractivity contribution >= 4 is 17.8 Å². The van der Waals surface area contributed by atoms with Crippen LogP contribution in [0.25, 0.3) is 11.3 Å². The summed E-state index contributed by atoms with van der Waals surface area (Å²) >= 11 is 6.15. The van der Waals surface area contributed by atoms with Crippen LogP contribution in [-0.4, -0.2) is 21.1 Å². The van der Waals surface area contributed by atoms with Crippen LogP contribution in [0.2, 0.25) is 5.02 Å². The fraction of sp³-hybridized carbons (Fsp3) is 0.133. The van der Waals surface area contributed by atoms with Crippen LogP contribution in [0.3, 0.4) is 0 Å². The number of hydrogen-bond donors (Lipinski definition) is 0. The summed E-state index contributed by atoms with van der Waals surface area (Å²) in [5, 5.41) is 12.8. The fourth-order valence-electron chi connectivity index (χ4n) is 1.97. The average Bonchev–Trinajstić information content (AvgIpc) is 3.05. The number of halogens is 1. The quantitative estimate of drug-likeness (QED) is 0.693. The minimum Gasteiger partial charge on any atom is -0.455 e. The maximum absolute atomic E-state index is 6.15. The molecule has 3 rings (SSSR count). The topological polar surface area (TPSA) is 56.2 Å². The minimum absolute atomic E-state index is 0.636. The van der Waals surface area contributed by atoms with Crippen molar-refractivity contribution in [2.75, 3.05) is 0 Å². The Hall–Kier alpha value is -2.40. The summed E-state index contributed by atoms with van der Waals surface area (Å²) in [6.45, 7) is 3.68. The van der Waals surface area contributed by atoms with Crippen molar-refractivity contribution in [3.63, 3.8) is 0 Å².